The van der Waals surface area contributed by atoms with Gasteiger partial charge in [-0.05, 0) is 24.4 Å². The van der Waals surface area contributed by atoms with Gasteiger partial charge in [-0.3, -0.25) is 4.79 Å². The van der Waals surface area contributed by atoms with E-state index in [-0.39, 0.29) is 23.8 Å². The molecule has 104 valence electrons. The predicted octanol–water partition coefficient (Wildman–Crippen LogP) is 1.59. The van der Waals surface area contributed by atoms with Gasteiger partial charge in [-0.1, -0.05) is 12.8 Å². The first-order valence-electron chi connectivity index (χ1n) is 5.98. The molecule has 7 nitrogen and oxygen atoms in total. The van der Waals surface area contributed by atoms with E-state index < -0.39 is 11.4 Å². The molecule has 8 heteroatoms. The molecule has 1 aliphatic carbocycles. The number of anilines is 1. The number of rotatable bonds is 5. The van der Waals surface area contributed by atoms with Crippen molar-refractivity contribution in [1.29, 1.82) is 0 Å². The van der Waals surface area contributed by atoms with Crippen molar-refractivity contribution in [2.75, 3.05) is 19.0 Å². The number of aliphatic carboxylic acids is 1. The molecule has 0 amide bonds. The predicted molar refractivity (Wildman–Crippen MR) is 68.4 cm³/mol. The van der Waals surface area contributed by atoms with E-state index in [1.54, 1.807) is 0 Å². The van der Waals surface area contributed by atoms with Gasteiger partial charge in [-0.15, -0.1) is 0 Å². The fourth-order valence-corrected chi connectivity index (χ4v) is 2.42. The van der Waals surface area contributed by atoms with Crippen molar-refractivity contribution in [1.82, 2.24) is 15.0 Å². The minimum Gasteiger partial charge on any atom is -0.481 e. The molecule has 1 fully saturated rings. The van der Waals surface area contributed by atoms with Crippen LogP contribution in [0.2, 0.25) is 5.28 Å². The highest BCUT2D eigenvalue weighted by Crippen LogP contribution is 2.38. The van der Waals surface area contributed by atoms with Gasteiger partial charge in [0.1, 0.15) is 0 Å². The third-order valence-corrected chi connectivity index (χ3v) is 3.54. The summed E-state index contributed by atoms with van der Waals surface area (Å²) in [5.74, 6) is -0.561. The second-order valence-corrected chi connectivity index (χ2v) is 4.90. The Balaban J connectivity index is 2.09. The number of halogens is 1. The molecule has 2 rings (SSSR count). The van der Waals surface area contributed by atoms with Gasteiger partial charge in [-0.25, -0.2) is 0 Å². The van der Waals surface area contributed by atoms with Crippen LogP contribution in [0.3, 0.4) is 0 Å². The Morgan fingerprint density at radius 3 is 2.68 bits per heavy atom. The zero-order chi connectivity index (χ0) is 13.9. The number of ether oxygens (including phenoxy) is 1. The zero-order valence-corrected chi connectivity index (χ0v) is 11.3. The summed E-state index contributed by atoms with van der Waals surface area (Å²) in [6.45, 7) is 0.270. The first-order valence-corrected chi connectivity index (χ1v) is 6.36. The van der Waals surface area contributed by atoms with E-state index in [1.807, 2.05) is 0 Å². The average molecular weight is 287 g/mol. The smallest absolute Gasteiger partial charge is 0.322 e. The largest absolute Gasteiger partial charge is 0.481 e. The van der Waals surface area contributed by atoms with Crippen molar-refractivity contribution >= 4 is 23.5 Å². The summed E-state index contributed by atoms with van der Waals surface area (Å²) in [6.07, 6.45) is 3.17. The Morgan fingerprint density at radius 2 is 2.11 bits per heavy atom. The molecule has 1 aromatic heterocycles. The Bertz CT molecular complexity index is 477. The zero-order valence-electron chi connectivity index (χ0n) is 10.5. The molecule has 1 aliphatic rings. The maximum absolute atomic E-state index is 11.4. The first-order chi connectivity index (χ1) is 9.05. The highest BCUT2D eigenvalue weighted by atomic mass is 35.5. The van der Waals surface area contributed by atoms with Gasteiger partial charge in [0.25, 0.3) is 0 Å². The van der Waals surface area contributed by atoms with Crippen molar-refractivity contribution in [3.8, 4) is 6.01 Å². The number of nitrogens with one attached hydrogen (secondary N) is 1. The van der Waals surface area contributed by atoms with Crippen molar-refractivity contribution in [2.24, 2.45) is 5.41 Å². The number of hydrogen-bond acceptors (Lipinski definition) is 6. The third kappa shape index (κ3) is 3.04. The SMILES string of the molecule is COc1nc(Cl)nc(NCC2(C(=O)O)CCCC2)n1. The average Bonchev–Trinajstić information content (AvgIpc) is 2.86. The summed E-state index contributed by atoms with van der Waals surface area (Å²) in [6, 6.07) is 0.0956. The van der Waals surface area contributed by atoms with Gasteiger partial charge >= 0.3 is 12.0 Å². The fourth-order valence-electron chi connectivity index (χ4n) is 2.27. The van der Waals surface area contributed by atoms with Crippen LogP contribution in [0.1, 0.15) is 25.7 Å². The van der Waals surface area contributed by atoms with Gasteiger partial charge in [0.2, 0.25) is 11.2 Å². The number of carbonyl (C=O) groups is 1. The van der Waals surface area contributed by atoms with Crippen LogP contribution in [0.4, 0.5) is 5.95 Å². The van der Waals surface area contributed by atoms with Crippen LogP contribution in [0, 0.1) is 5.41 Å². The topological polar surface area (TPSA) is 97.2 Å². The molecule has 0 unspecified atom stereocenters. The summed E-state index contributed by atoms with van der Waals surface area (Å²) < 4.78 is 4.88. The van der Waals surface area contributed by atoms with Crippen LogP contribution in [-0.4, -0.2) is 39.7 Å². The summed E-state index contributed by atoms with van der Waals surface area (Å²) in [4.78, 5) is 23.0. The normalized spacial score (nSPS) is 17.2. The Hall–Kier alpha value is -1.63. The van der Waals surface area contributed by atoms with Gasteiger partial charge in [0.15, 0.2) is 0 Å². The van der Waals surface area contributed by atoms with E-state index in [0.717, 1.165) is 12.8 Å². The van der Waals surface area contributed by atoms with Gasteiger partial charge in [0.05, 0.1) is 12.5 Å². The number of hydrogen-bond donors (Lipinski definition) is 2. The van der Waals surface area contributed by atoms with E-state index >= 15 is 0 Å². The molecule has 1 heterocycles. The van der Waals surface area contributed by atoms with Gasteiger partial charge in [-0.2, -0.15) is 15.0 Å². The molecule has 1 saturated carbocycles. The Kier molecular flexibility index (Phi) is 4.04. The molecule has 0 bridgehead atoms. The lowest BCUT2D eigenvalue weighted by atomic mass is 9.86. The van der Waals surface area contributed by atoms with Crippen LogP contribution < -0.4 is 10.1 Å². The number of nitrogens with zero attached hydrogens (tertiary/aromatic N) is 3. The van der Waals surface area contributed by atoms with E-state index in [1.165, 1.54) is 7.11 Å². The standard InChI is InChI=1S/C11H15ClN4O3/c1-19-10-15-8(12)14-9(16-10)13-6-11(7(17)18)4-2-3-5-11/h2-6H2,1H3,(H,17,18)(H,13,14,15,16). The maximum atomic E-state index is 11.4. The number of aromatic nitrogens is 3. The summed E-state index contributed by atoms with van der Waals surface area (Å²) in [5.41, 5.74) is -0.744. The Morgan fingerprint density at radius 1 is 1.42 bits per heavy atom. The molecule has 0 atom stereocenters. The van der Waals surface area contributed by atoms with Gasteiger partial charge < -0.3 is 15.2 Å². The van der Waals surface area contributed by atoms with E-state index in [2.05, 4.69) is 20.3 Å². The number of carboxylic acid groups (broad SMARTS) is 1. The van der Waals surface area contributed by atoms with Crippen LogP contribution >= 0.6 is 11.6 Å². The molecule has 0 aromatic carbocycles. The molecular weight excluding hydrogens is 272 g/mol. The van der Waals surface area contributed by atoms with Crippen LogP contribution in [-0.2, 0) is 4.79 Å². The van der Waals surface area contributed by atoms with Crippen LogP contribution in [0.5, 0.6) is 6.01 Å². The van der Waals surface area contributed by atoms with Crippen molar-refractivity contribution < 1.29 is 14.6 Å². The second kappa shape index (κ2) is 5.56. The third-order valence-electron chi connectivity index (χ3n) is 3.37. The Labute approximate surface area is 115 Å². The fraction of sp³-hybridized carbons (Fsp3) is 0.636. The lowest BCUT2D eigenvalue weighted by Crippen LogP contribution is -2.35. The van der Waals surface area contributed by atoms with E-state index in [4.69, 9.17) is 16.3 Å². The number of carboxylic acids is 1. The monoisotopic (exact) mass is 286 g/mol. The highest BCUT2D eigenvalue weighted by molar-refractivity contribution is 6.28. The maximum Gasteiger partial charge on any atom is 0.322 e. The molecule has 2 N–H and O–H groups in total. The molecule has 1 aromatic rings. The van der Waals surface area contributed by atoms with Crippen molar-refractivity contribution in [2.45, 2.75) is 25.7 Å². The van der Waals surface area contributed by atoms with Crippen LogP contribution in [0.15, 0.2) is 0 Å². The van der Waals surface area contributed by atoms with E-state index in [9.17, 15) is 9.90 Å². The quantitative estimate of drug-likeness (QED) is 0.848. The second-order valence-electron chi connectivity index (χ2n) is 4.56. The van der Waals surface area contributed by atoms with E-state index in [0.29, 0.717) is 12.8 Å². The number of methoxy groups -OCH3 is 1. The first kappa shape index (κ1) is 13.8. The molecule has 19 heavy (non-hydrogen) atoms. The summed E-state index contributed by atoms with van der Waals surface area (Å²) in [7, 11) is 1.42. The lowest BCUT2D eigenvalue weighted by Gasteiger charge is -2.23. The highest BCUT2D eigenvalue weighted by Gasteiger charge is 2.41. The molecule has 0 spiro atoms. The van der Waals surface area contributed by atoms with Crippen LogP contribution in [0.25, 0.3) is 0 Å². The molecule has 0 saturated heterocycles. The summed E-state index contributed by atoms with van der Waals surface area (Å²) >= 11 is 5.72. The molecule has 0 aliphatic heterocycles. The minimum absolute atomic E-state index is 0.00477. The van der Waals surface area contributed by atoms with Gasteiger partial charge in [0, 0.05) is 6.54 Å². The minimum atomic E-state index is -0.787. The van der Waals surface area contributed by atoms with Crippen molar-refractivity contribution in [3.63, 3.8) is 0 Å². The molecule has 0 radical (unpaired) electrons. The lowest BCUT2D eigenvalue weighted by molar-refractivity contribution is -0.147. The molecular formula is C11H15ClN4O3. The van der Waals surface area contributed by atoms with Crippen molar-refractivity contribution in [3.05, 3.63) is 5.28 Å². The summed E-state index contributed by atoms with van der Waals surface area (Å²) in [5, 5.41) is 12.3.